The monoisotopic (exact) mass is 168 g/mol. The molecule has 12 heavy (non-hydrogen) atoms. The van der Waals surface area contributed by atoms with Gasteiger partial charge in [-0.05, 0) is 37.5 Å². The molecule has 0 unspecified atom stereocenters. The Morgan fingerprint density at radius 2 is 2.25 bits per heavy atom. The molecule has 0 saturated heterocycles. The molecule has 0 aliphatic heterocycles. The van der Waals surface area contributed by atoms with Crippen LogP contribution in [0.25, 0.3) is 0 Å². The molecule has 1 aromatic carbocycles. The lowest BCUT2D eigenvalue weighted by atomic mass is 10.1. The van der Waals surface area contributed by atoms with Crippen molar-refractivity contribution >= 4 is 0 Å². The summed E-state index contributed by atoms with van der Waals surface area (Å²) < 4.78 is 12.6. The molecular weight excluding hydrogens is 155 g/mol. The normalized spacial score (nSPS) is 12.9. The Morgan fingerprint density at radius 1 is 1.50 bits per heavy atom. The first kappa shape index (κ1) is 9.20. The van der Waals surface area contributed by atoms with Gasteiger partial charge in [0.1, 0.15) is 5.82 Å². The molecule has 1 atom stereocenters. The van der Waals surface area contributed by atoms with Crippen LogP contribution in [0.5, 0.6) is 0 Å². The third-order valence-corrected chi connectivity index (χ3v) is 1.74. The number of aliphatic hydroxyl groups is 1. The van der Waals surface area contributed by atoms with Gasteiger partial charge in [-0.3, -0.25) is 0 Å². The summed E-state index contributed by atoms with van der Waals surface area (Å²) in [5, 5.41) is 8.99. The van der Waals surface area contributed by atoms with Gasteiger partial charge in [0.05, 0.1) is 6.10 Å². The quantitative estimate of drug-likeness (QED) is 0.733. The molecule has 1 N–H and O–H groups in total. The van der Waals surface area contributed by atoms with Crippen LogP contribution in [-0.2, 0) is 6.42 Å². The van der Waals surface area contributed by atoms with Gasteiger partial charge in [-0.25, -0.2) is 4.39 Å². The van der Waals surface area contributed by atoms with Crippen LogP contribution in [0.4, 0.5) is 4.39 Å². The predicted molar refractivity (Wildman–Crippen MR) is 46.4 cm³/mol. The van der Waals surface area contributed by atoms with Gasteiger partial charge < -0.3 is 5.11 Å². The number of aryl methyl sites for hydroxylation is 1. The first-order chi connectivity index (χ1) is 5.68. The lowest BCUT2D eigenvalue weighted by Gasteiger charge is -2.03. The molecule has 2 heteroatoms. The highest BCUT2D eigenvalue weighted by molar-refractivity contribution is 5.16. The minimum atomic E-state index is -0.312. The Morgan fingerprint density at radius 3 is 2.83 bits per heavy atom. The molecule has 1 aromatic rings. The van der Waals surface area contributed by atoms with Crippen LogP contribution in [0.3, 0.4) is 0 Å². The van der Waals surface area contributed by atoms with Crippen LogP contribution >= 0.6 is 0 Å². The molecule has 0 bridgehead atoms. The van der Waals surface area contributed by atoms with E-state index in [0.29, 0.717) is 6.42 Å². The van der Waals surface area contributed by atoms with Crippen molar-refractivity contribution < 1.29 is 9.50 Å². The van der Waals surface area contributed by atoms with Gasteiger partial charge in [-0.1, -0.05) is 12.1 Å². The second-order valence-electron chi connectivity index (χ2n) is 3.02. The van der Waals surface area contributed by atoms with Gasteiger partial charge in [-0.2, -0.15) is 0 Å². The van der Waals surface area contributed by atoms with Crippen LogP contribution in [-0.4, -0.2) is 11.2 Å². The summed E-state index contributed by atoms with van der Waals surface area (Å²) in [7, 11) is 0. The second-order valence-corrected chi connectivity index (χ2v) is 3.02. The number of rotatable bonds is 3. The van der Waals surface area contributed by atoms with Crippen LogP contribution in [0.2, 0.25) is 0 Å². The summed E-state index contributed by atoms with van der Waals surface area (Å²) in [5.74, 6) is -0.210. The Labute approximate surface area is 71.9 Å². The number of halogens is 1. The molecule has 0 aromatic heterocycles. The molecule has 0 fully saturated rings. The van der Waals surface area contributed by atoms with Crippen molar-refractivity contribution in [1.82, 2.24) is 0 Å². The third kappa shape index (κ3) is 3.01. The zero-order chi connectivity index (χ0) is 8.97. The highest BCUT2D eigenvalue weighted by Crippen LogP contribution is 2.07. The topological polar surface area (TPSA) is 20.2 Å². The Kier molecular flexibility index (Phi) is 3.23. The minimum Gasteiger partial charge on any atom is -0.393 e. The lowest BCUT2D eigenvalue weighted by Crippen LogP contribution is -2.01. The van der Waals surface area contributed by atoms with E-state index in [1.54, 1.807) is 13.0 Å². The molecular formula is C10H13FO. The fourth-order valence-corrected chi connectivity index (χ4v) is 1.07. The van der Waals surface area contributed by atoms with Gasteiger partial charge in [-0.15, -0.1) is 0 Å². The number of benzene rings is 1. The second kappa shape index (κ2) is 4.21. The molecule has 0 aliphatic rings. The average Bonchev–Trinajstić information content (AvgIpc) is 2.01. The van der Waals surface area contributed by atoms with Gasteiger partial charge >= 0.3 is 0 Å². The Balaban J connectivity index is 2.52. The highest BCUT2D eigenvalue weighted by atomic mass is 19.1. The maximum absolute atomic E-state index is 12.6. The van der Waals surface area contributed by atoms with Crippen LogP contribution in [0, 0.1) is 5.82 Å². The van der Waals surface area contributed by atoms with E-state index < -0.39 is 0 Å². The van der Waals surface area contributed by atoms with Gasteiger partial charge in [0.2, 0.25) is 0 Å². The SMILES string of the molecule is C[C@H](O)CCc1cccc(F)c1. The van der Waals surface area contributed by atoms with Crippen molar-refractivity contribution in [2.45, 2.75) is 25.9 Å². The largest absolute Gasteiger partial charge is 0.393 e. The molecule has 0 saturated carbocycles. The van der Waals surface area contributed by atoms with E-state index in [2.05, 4.69) is 0 Å². The molecule has 0 heterocycles. The average molecular weight is 168 g/mol. The fraction of sp³-hybridized carbons (Fsp3) is 0.400. The standard InChI is InChI=1S/C10H13FO/c1-8(12)5-6-9-3-2-4-10(11)7-9/h2-4,7-8,12H,5-6H2,1H3/t8-/m0/s1. The number of hydrogen-bond acceptors (Lipinski definition) is 1. The van der Waals surface area contributed by atoms with E-state index in [0.717, 1.165) is 12.0 Å². The van der Waals surface area contributed by atoms with Crippen molar-refractivity contribution in [3.63, 3.8) is 0 Å². The van der Waals surface area contributed by atoms with E-state index in [4.69, 9.17) is 5.11 Å². The number of aliphatic hydroxyl groups excluding tert-OH is 1. The minimum absolute atomic E-state index is 0.210. The zero-order valence-corrected chi connectivity index (χ0v) is 7.13. The zero-order valence-electron chi connectivity index (χ0n) is 7.13. The molecule has 0 amide bonds. The lowest BCUT2D eigenvalue weighted by molar-refractivity contribution is 0.185. The molecule has 0 radical (unpaired) electrons. The smallest absolute Gasteiger partial charge is 0.123 e. The van der Waals surface area contributed by atoms with Crippen LogP contribution < -0.4 is 0 Å². The first-order valence-corrected chi connectivity index (χ1v) is 4.11. The Hall–Kier alpha value is -0.890. The number of hydrogen-bond donors (Lipinski definition) is 1. The summed E-state index contributed by atoms with van der Waals surface area (Å²) in [6.07, 6.45) is 1.10. The van der Waals surface area contributed by atoms with E-state index in [9.17, 15) is 4.39 Å². The van der Waals surface area contributed by atoms with Gasteiger partial charge in [0, 0.05) is 0 Å². The van der Waals surface area contributed by atoms with Crippen molar-refractivity contribution in [1.29, 1.82) is 0 Å². The maximum Gasteiger partial charge on any atom is 0.123 e. The summed E-state index contributed by atoms with van der Waals surface area (Å²) in [4.78, 5) is 0. The van der Waals surface area contributed by atoms with Gasteiger partial charge in [0.15, 0.2) is 0 Å². The van der Waals surface area contributed by atoms with E-state index >= 15 is 0 Å². The molecule has 1 nitrogen and oxygen atoms in total. The predicted octanol–water partition coefficient (Wildman–Crippen LogP) is 2.14. The van der Waals surface area contributed by atoms with Crippen LogP contribution in [0.15, 0.2) is 24.3 Å². The summed E-state index contributed by atoms with van der Waals surface area (Å²) in [6, 6.07) is 6.48. The van der Waals surface area contributed by atoms with Gasteiger partial charge in [0.25, 0.3) is 0 Å². The molecule has 1 rings (SSSR count). The molecule has 66 valence electrons. The van der Waals surface area contributed by atoms with E-state index in [1.807, 2.05) is 6.07 Å². The van der Waals surface area contributed by atoms with Crippen molar-refractivity contribution in [2.24, 2.45) is 0 Å². The third-order valence-electron chi connectivity index (χ3n) is 1.74. The van der Waals surface area contributed by atoms with Crippen molar-refractivity contribution in [3.05, 3.63) is 35.6 Å². The first-order valence-electron chi connectivity index (χ1n) is 4.11. The van der Waals surface area contributed by atoms with E-state index in [-0.39, 0.29) is 11.9 Å². The Bertz CT molecular complexity index is 245. The fourth-order valence-electron chi connectivity index (χ4n) is 1.07. The summed E-state index contributed by atoms with van der Waals surface area (Å²) in [6.45, 7) is 1.74. The highest BCUT2D eigenvalue weighted by Gasteiger charge is 1.98. The van der Waals surface area contributed by atoms with Crippen molar-refractivity contribution in [2.75, 3.05) is 0 Å². The maximum atomic E-state index is 12.6. The van der Waals surface area contributed by atoms with Crippen molar-refractivity contribution in [3.8, 4) is 0 Å². The molecule has 0 aliphatic carbocycles. The summed E-state index contributed by atoms with van der Waals surface area (Å²) >= 11 is 0. The van der Waals surface area contributed by atoms with E-state index in [1.165, 1.54) is 12.1 Å². The molecule has 0 spiro atoms. The van der Waals surface area contributed by atoms with Crippen LogP contribution in [0.1, 0.15) is 18.9 Å². The summed E-state index contributed by atoms with van der Waals surface area (Å²) in [5.41, 5.74) is 0.941.